The van der Waals surface area contributed by atoms with Gasteiger partial charge in [-0.2, -0.15) is 0 Å². The standard InChI is InChI=1S/C26H27N5O4/c1-17-14-20(18(2)30(17)16-21-10-7-13-35-21)11-12-22(32)29(3)23-24(27)31(26(34)28-25(23)33)15-19-8-5-4-6-9-19/h4-14H,15-16,27H2,1-3H3,(H,28,33,34). The lowest BCUT2D eigenvalue weighted by Crippen LogP contribution is -2.39. The molecule has 1 amide bonds. The normalized spacial score (nSPS) is 11.3. The van der Waals surface area contributed by atoms with E-state index < -0.39 is 17.2 Å². The molecule has 0 saturated heterocycles. The number of furan rings is 1. The molecule has 0 spiro atoms. The van der Waals surface area contributed by atoms with Gasteiger partial charge in [-0.1, -0.05) is 30.3 Å². The molecule has 180 valence electrons. The van der Waals surface area contributed by atoms with E-state index in [2.05, 4.69) is 9.55 Å². The topological polar surface area (TPSA) is 119 Å². The Balaban J connectivity index is 1.59. The van der Waals surface area contributed by atoms with E-state index in [0.717, 1.165) is 33.2 Å². The molecule has 9 heteroatoms. The van der Waals surface area contributed by atoms with E-state index in [4.69, 9.17) is 10.2 Å². The number of hydrogen-bond acceptors (Lipinski definition) is 5. The number of H-pyrrole nitrogens is 1. The first-order valence-corrected chi connectivity index (χ1v) is 11.1. The first-order chi connectivity index (χ1) is 16.8. The number of amides is 1. The summed E-state index contributed by atoms with van der Waals surface area (Å²) >= 11 is 0. The van der Waals surface area contributed by atoms with Crippen LogP contribution in [0.4, 0.5) is 11.5 Å². The number of carbonyl (C=O) groups excluding carboxylic acids is 1. The minimum absolute atomic E-state index is 0.0801. The lowest BCUT2D eigenvalue weighted by atomic mass is 10.2. The van der Waals surface area contributed by atoms with Gasteiger partial charge in [0, 0.05) is 24.5 Å². The Bertz CT molecular complexity index is 1490. The third kappa shape index (κ3) is 4.89. The van der Waals surface area contributed by atoms with Crippen LogP contribution in [0.1, 0.15) is 28.3 Å². The van der Waals surface area contributed by atoms with E-state index in [0.29, 0.717) is 6.54 Å². The van der Waals surface area contributed by atoms with Gasteiger partial charge < -0.3 is 19.6 Å². The number of hydrogen-bond donors (Lipinski definition) is 2. The van der Waals surface area contributed by atoms with E-state index in [-0.39, 0.29) is 18.1 Å². The molecule has 4 aromatic rings. The lowest BCUT2D eigenvalue weighted by Gasteiger charge is -2.19. The van der Waals surface area contributed by atoms with Crippen LogP contribution in [0.2, 0.25) is 0 Å². The quantitative estimate of drug-likeness (QED) is 0.400. The SMILES string of the molecule is Cc1cc(C=CC(=O)N(C)c2c(N)n(Cc3ccccc3)c(=O)[nH]c2=O)c(C)n1Cc1ccco1. The van der Waals surface area contributed by atoms with Crippen LogP contribution in [0.5, 0.6) is 0 Å². The Labute approximate surface area is 201 Å². The van der Waals surface area contributed by atoms with Gasteiger partial charge in [0.15, 0.2) is 5.69 Å². The number of aromatic amines is 1. The Morgan fingerprint density at radius 3 is 2.51 bits per heavy atom. The van der Waals surface area contributed by atoms with E-state index in [1.54, 1.807) is 12.3 Å². The van der Waals surface area contributed by atoms with Crippen LogP contribution in [0.3, 0.4) is 0 Å². The van der Waals surface area contributed by atoms with Gasteiger partial charge in [0.05, 0.1) is 19.4 Å². The van der Waals surface area contributed by atoms with Gasteiger partial charge in [-0.25, -0.2) is 4.79 Å². The second-order valence-electron chi connectivity index (χ2n) is 8.29. The molecule has 0 atom stereocenters. The van der Waals surface area contributed by atoms with Crippen molar-refractivity contribution in [2.45, 2.75) is 26.9 Å². The molecule has 3 aromatic heterocycles. The fourth-order valence-corrected chi connectivity index (χ4v) is 4.01. The molecule has 4 rings (SSSR count). The minimum atomic E-state index is -0.724. The molecule has 9 nitrogen and oxygen atoms in total. The highest BCUT2D eigenvalue weighted by Crippen LogP contribution is 2.20. The van der Waals surface area contributed by atoms with Gasteiger partial charge in [-0.15, -0.1) is 0 Å². The van der Waals surface area contributed by atoms with Crippen molar-refractivity contribution < 1.29 is 9.21 Å². The van der Waals surface area contributed by atoms with Crippen molar-refractivity contribution >= 4 is 23.5 Å². The number of rotatable bonds is 7. The maximum Gasteiger partial charge on any atom is 0.330 e. The molecule has 3 heterocycles. The zero-order valence-electron chi connectivity index (χ0n) is 19.8. The number of aromatic nitrogens is 3. The second-order valence-corrected chi connectivity index (χ2v) is 8.29. The van der Waals surface area contributed by atoms with Gasteiger partial charge in [0.25, 0.3) is 11.5 Å². The molecule has 0 fully saturated rings. The molecular weight excluding hydrogens is 446 g/mol. The highest BCUT2D eigenvalue weighted by Gasteiger charge is 2.20. The maximum atomic E-state index is 13.0. The maximum absolute atomic E-state index is 13.0. The highest BCUT2D eigenvalue weighted by molar-refractivity contribution is 6.04. The number of carbonyl (C=O) groups is 1. The summed E-state index contributed by atoms with van der Waals surface area (Å²) in [4.78, 5) is 41.3. The summed E-state index contributed by atoms with van der Waals surface area (Å²) in [5, 5.41) is 0. The third-order valence-corrected chi connectivity index (χ3v) is 5.98. The van der Waals surface area contributed by atoms with Crippen LogP contribution in [0.25, 0.3) is 6.08 Å². The number of nitrogen functional groups attached to an aromatic ring is 1. The summed E-state index contributed by atoms with van der Waals surface area (Å²) in [6.07, 6.45) is 4.71. The minimum Gasteiger partial charge on any atom is -0.467 e. The van der Waals surface area contributed by atoms with Crippen molar-refractivity contribution in [3.63, 3.8) is 0 Å². The molecule has 1 aromatic carbocycles. The fraction of sp³-hybridized carbons (Fsp3) is 0.192. The van der Waals surface area contributed by atoms with E-state index in [1.165, 1.54) is 17.7 Å². The number of likely N-dealkylation sites (N-methyl/N-ethyl adjacent to an activating group) is 1. The average molecular weight is 474 g/mol. The van der Waals surface area contributed by atoms with Crippen LogP contribution >= 0.6 is 0 Å². The molecular formula is C26H27N5O4. The predicted octanol–water partition coefficient (Wildman–Crippen LogP) is 2.90. The summed E-state index contributed by atoms with van der Waals surface area (Å²) in [6, 6.07) is 15.0. The largest absolute Gasteiger partial charge is 0.467 e. The zero-order chi connectivity index (χ0) is 25.1. The summed E-state index contributed by atoms with van der Waals surface area (Å²) in [5.41, 5.74) is 8.45. The summed E-state index contributed by atoms with van der Waals surface area (Å²) in [5.74, 6) is 0.296. The summed E-state index contributed by atoms with van der Waals surface area (Å²) in [6.45, 7) is 4.69. The van der Waals surface area contributed by atoms with Gasteiger partial charge in [0.1, 0.15) is 11.6 Å². The van der Waals surface area contributed by atoms with Crippen LogP contribution in [-0.2, 0) is 17.9 Å². The molecule has 3 N–H and O–H groups in total. The molecule has 0 saturated carbocycles. The van der Waals surface area contributed by atoms with Crippen LogP contribution in [0, 0.1) is 13.8 Å². The van der Waals surface area contributed by atoms with E-state index >= 15 is 0 Å². The lowest BCUT2D eigenvalue weighted by molar-refractivity contribution is -0.113. The molecule has 35 heavy (non-hydrogen) atoms. The van der Waals surface area contributed by atoms with Gasteiger partial charge >= 0.3 is 5.69 Å². The molecule has 0 bridgehead atoms. The Morgan fingerprint density at radius 1 is 1.09 bits per heavy atom. The van der Waals surface area contributed by atoms with Crippen LogP contribution in [-0.4, -0.2) is 27.1 Å². The summed E-state index contributed by atoms with van der Waals surface area (Å²) < 4.78 is 8.77. The Kier molecular flexibility index (Phi) is 6.59. The third-order valence-electron chi connectivity index (χ3n) is 5.98. The first kappa shape index (κ1) is 23.6. The number of anilines is 2. The fourth-order valence-electron chi connectivity index (χ4n) is 4.01. The monoisotopic (exact) mass is 473 g/mol. The Morgan fingerprint density at radius 2 is 1.83 bits per heavy atom. The van der Waals surface area contributed by atoms with Crippen molar-refractivity contribution in [1.29, 1.82) is 0 Å². The van der Waals surface area contributed by atoms with Crippen molar-refractivity contribution in [1.82, 2.24) is 14.1 Å². The van der Waals surface area contributed by atoms with Crippen molar-refractivity contribution in [2.24, 2.45) is 0 Å². The van der Waals surface area contributed by atoms with E-state index in [1.807, 2.05) is 62.4 Å². The number of nitrogens with zero attached hydrogens (tertiary/aromatic N) is 3. The molecule has 0 aliphatic rings. The van der Waals surface area contributed by atoms with Crippen molar-refractivity contribution in [3.8, 4) is 0 Å². The highest BCUT2D eigenvalue weighted by atomic mass is 16.3. The van der Waals surface area contributed by atoms with E-state index in [9.17, 15) is 14.4 Å². The molecule has 0 radical (unpaired) electrons. The van der Waals surface area contributed by atoms with Crippen LogP contribution < -0.4 is 21.9 Å². The van der Waals surface area contributed by atoms with Crippen molar-refractivity contribution in [3.05, 3.63) is 110 Å². The molecule has 0 aliphatic heterocycles. The number of benzene rings is 1. The summed E-state index contributed by atoms with van der Waals surface area (Å²) in [7, 11) is 1.45. The zero-order valence-corrected chi connectivity index (χ0v) is 19.8. The number of nitrogens with two attached hydrogens (primary N) is 1. The van der Waals surface area contributed by atoms with Crippen molar-refractivity contribution in [2.75, 3.05) is 17.7 Å². The average Bonchev–Trinajstić information content (AvgIpc) is 3.44. The second kappa shape index (κ2) is 9.76. The molecule has 0 unspecified atom stereocenters. The molecule has 0 aliphatic carbocycles. The number of nitrogens with one attached hydrogen (secondary N) is 1. The first-order valence-electron chi connectivity index (χ1n) is 11.1. The van der Waals surface area contributed by atoms with Gasteiger partial charge in [-0.3, -0.25) is 19.1 Å². The predicted molar refractivity (Wildman–Crippen MR) is 135 cm³/mol. The van der Waals surface area contributed by atoms with Crippen LogP contribution in [0.15, 0.2) is 74.9 Å². The van der Waals surface area contributed by atoms with Gasteiger partial charge in [0.2, 0.25) is 0 Å². The van der Waals surface area contributed by atoms with Gasteiger partial charge in [-0.05, 0) is 49.2 Å². The number of aryl methyl sites for hydroxylation is 1. The Hall–Kier alpha value is -4.53. The smallest absolute Gasteiger partial charge is 0.330 e.